The van der Waals surface area contributed by atoms with E-state index < -0.39 is 18.3 Å². The van der Waals surface area contributed by atoms with Crippen LogP contribution in [0.5, 0.6) is 5.75 Å². The molecule has 1 aromatic carbocycles. The normalized spacial score (nSPS) is 11.3. The van der Waals surface area contributed by atoms with Gasteiger partial charge in [0.2, 0.25) is 0 Å². The van der Waals surface area contributed by atoms with Crippen LogP contribution in [0.25, 0.3) is 0 Å². The smallest absolute Gasteiger partial charge is 0.491 e. The molecule has 0 spiro atoms. The number of allylic oxidation sites excluding steroid dienone is 1. The summed E-state index contributed by atoms with van der Waals surface area (Å²) in [5.74, 6) is -1.14. The summed E-state index contributed by atoms with van der Waals surface area (Å²) in [5, 5.41) is 0. The first kappa shape index (κ1) is 13.6. The Morgan fingerprint density at radius 3 is 2.59 bits per heavy atom. The highest BCUT2D eigenvalue weighted by Gasteiger charge is 2.26. The van der Waals surface area contributed by atoms with Crippen molar-refractivity contribution in [1.29, 1.82) is 0 Å². The van der Waals surface area contributed by atoms with Gasteiger partial charge in [0.05, 0.1) is 6.61 Å². The molecule has 0 aromatic heterocycles. The number of benzene rings is 1. The molecule has 0 saturated carbocycles. The van der Waals surface area contributed by atoms with Gasteiger partial charge in [0, 0.05) is 0 Å². The minimum Gasteiger partial charge on any atom is -0.491 e. The molecule has 0 atom stereocenters. The fourth-order valence-electron chi connectivity index (χ4n) is 1.24. The Hall–Kier alpha value is -1.46. The van der Waals surface area contributed by atoms with E-state index in [1.54, 1.807) is 6.08 Å². The van der Waals surface area contributed by atoms with E-state index in [2.05, 4.69) is 6.58 Å². The van der Waals surface area contributed by atoms with Crippen LogP contribution < -0.4 is 10.2 Å². The van der Waals surface area contributed by atoms with E-state index >= 15 is 0 Å². The summed E-state index contributed by atoms with van der Waals surface area (Å²) in [7, 11) is 0. The van der Waals surface area contributed by atoms with Gasteiger partial charge in [-0.2, -0.15) is 0 Å². The lowest BCUT2D eigenvalue weighted by atomic mass is 9.80. The molecule has 0 amide bonds. The van der Waals surface area contributed by atoms with E-state index in [-0.39, 0.29) is 12.4 Å². The molecule has 94 valence electrons. The number of ether oxygens (including phenoxy) is 1. The monoisotopic (exact) mass is 247 g/mol. The minimum absolute atomic E-state index is 0.164. The van der Waals surface area contributed by atoms with Crippen molar-refractivity contribution in [2.45, 2.75) is 12.8 Å². The van der Waals surface area contributed by atoms with Crippen LogP contribution in [0.4, 0.5) is 17.3 Å². The molecule has 1 nitrogen and oxygen atoms in total. The molecule has 0 radical (unpaired) electrons. The second-order valence-electron chi connectivity index (χ2n) is 3.54. The first-order valence-corrected chi connectivity index (χ1v) is 5.18. The Kier molecular flexibility index (Phi) is 4.60. The molecule has 0 aliphatic rings. The lowest BCUT2D eigenvalue weighted by Crippen LogP contribution is -2.34. The van der Waals surface area contributed by atoms with Crippen molar-refractivity contribution in [2.24, 2.45) is 0 Å². The highest BCUT2D eigenvalue weighted by atomic mass is 19.4. The standard InChI is InChI=1S/C11H12BF4O/c1-2-3-4-7-17-11-8-9(12(14,15)16)5-6-10(11)13/h2,5-6,8H,1,3-4,7H2/q-1. The van der Waals surface area contributed by atoms with Crippen LogP contribution in [0.15, 0.2) is 30.9 Å². The van der Waals surface area contributed by atoms with Crippen molar-refractivity contribution in [2.75, 3.05) is 6.61 Å². The van der Waals surface area contributed by atoms with E-state index in [9.17, 15) is 17.3 Å². The maximum absolute atomic E-state index is 13.2. The number of unbranched alkanes of at least 4 members (excludes halogenated alkanes) is 1. The van der Waals surface area contributed by atoms with Crippen LogP contribution in [-0.4, -0.2) is 13.6 Å². The highest BCUT2D eigenvalue weighted by Crippen LogP contribution is 2.18. The van der Waals surface area contributed by atoms with Crippen LogP contribution in [0.1, 0.15) is 12.8 Å². The molecule has 0 bridgehead atoms. The zero-order valence-corrected chi connectivity index (χ0v) is 9.14. The first-order chi connectivity index (χ1) is 7.95. The van der Waals surface area contributed by atoms with Gasteiger partial charge in [-0.3, -0.25) is 0 Å². The van der Waals surface area contributed by atoms with Gasteiger partial charge in [0.15, 0.2) is 11.6 Å². The van der Waals surface area contributed by atoms with Gasteiger partial charge < -0.3 is 17.7 Å². The summed E-state index contributed by atoms with van der Waals surface area (Å²) in [6, 6.07) is 2.18. The van der Waals surface area contributed by atoms with E-state index in [0.29, 0.717) is 25.0 Å². The molecule has 0 unspecified atom stereocenters. The summed E-state index contributed by atoms with van der Waals surface area (Å²) >= 11 is 0. The molecule has 6 heteroatoms. The minimum atomic E-state index is -5.13. The average Bonchev–Trinajstić information content (AvgIpc) is 2.25. The van der Waals surface area contributed by atoms with Gasteiger partial charge >= 0.3 is 6.98 Å². The Balaban J connectivity index is 2.73. The molecule has 0 fully saturated rings. The maximum atomic E-state index is 13.2. The van der Waals surface area contributed by atoms with Gasteiger partial charge in [-0.15, -0.1) is 12.0 Å². The predicted molar refractivity (Wildman–Crippen MR) is 60.0 cm³/mol. The summed E-state index contributed by atoms with van der Waals surface area (Å²) in [6.07, 6.45) is 2.92. The van der Waals surface area contributed by atoms with E-state index in [0.717, 1.165) is 6.07 Å². The molecule has 0 heterocycles. The van der Waals surface area contributed by atoms with Crippen LogP contribution in [-0.2, 0) is 0 Å². The van der Waals surface area contributed by atoms with Crippen LogP contribution >= 0.6 is 0 Å². The Bertz CT molecular complexity index is 390. The Morgan fingerprint density at radius 2 is 2.00 bits per heavy atom. The third-order valence-corrected chi connectivity index (χ3v) is 2.14. The molecule has 1 aromatic rings. The third-order valence-electron chi connectivity index (χ3n) is 2.14. The Morgan fingerprint density at radius 1 is 1.29 bits per heavy atom. The third kappa shape index (κ3) is 4.13. The fourth-order valence-corrected chi connectivity index (χ4v) is 1.24. The lowest BCUT2D eigenvalue weighted by Gasteiger charge is -2.16. The maximum Gasteiger partial charge on any atom is 0.509 e. The van der Waals surface area contributed by atoms with Crippen molar-refractivity contribution in [3.8, 4) is 5.75 Å². The topological polar surface area (TPSA) is 9.23 Å². The quantitative estimate of drug-likeness (QED) is 0.324. The van der Waals surface area contributed by atoms with Crippen LogP contribution in [0.2, 0.25) is 0 Å². The lowest BCUT2D eigenvalue weighted by molar-refractivity contribution is 0.297. The molecule has 1 rings (SSSR count). The van der Waals surface area contributed by atoms with Crippen molar-refractivity contribution in [3.05, 3.63) is 36.7 Å². The second kappa shape index (κ2) is 5.75. The van der Waals surface area contributed by atoms with Gasteiger partial charge in [0.1, 0.15) is 0 Å². The molecular formula is C11H12BF4O-. The fraction of sp³-hybridized carbons (Fsp3) is 0.273. The highest BCUT2D eigenvalue weighted by molar-refractivity contribution is 6.73. The van der Waals surface area contributed by atoms with Crippen molar-refractivity contribution in [3.63, 3.8) is 0 Å². The van der Waals surface area contributed by atoms with Crippen molar-refractivity contribution >= 4 is 12.4 Å². The zero-order chi connectivity index (χ0) is 12.9. The molecule has 0 aliphatic heterocycles. The largest absolute Gasteiger partial charge is 0.509 e. The van der Waals surface area contributed by atoms with Gasteiger partial charge in [-0.05, 0) is 25.0 Å². The first-order valence-electron chi connectivity index (χ1n) is 5.18. The summed E-state index contributed by atoms with van der Waals surface area (Å²) in [6.45, 7) is -1.47. The van der Waals surface area contributed by atoms with Crippen LogP contribution in [0.3, 0.4) is 0 Å². The molecule has 0 N–H and O–H groups in total. The van der Waals surface area contributed by atoms with Gasteiger partial charge in [-0.1, -0.05) is 12.1 Å². The number of rotatable bonds is 6. The van der Waals surface area contributed by atoms with E-state index in [1.807, 2.05) is 0 Å². The van der Waals surface area contributed by atoms with Crippen LogP contribution in [0, 0.1) is 5.82 Å². The Labute approximate surface area is 97.1 Å². The molecule has 0 saturated heterocycles. The van der Waals surface area contributed by atoms with E-state index in [4.69, 9.17) is 4.74 Å². The summed E-state index contributed by atoms with van der Waals surface area (Å²) in [4.78, 5) is 0. The van der Waals surface area contributed by atoms with Gasteiger partial charge in [0.25, 0.3) is 0 Å². The van der Waals surface area contributed by atoms with Gasteiger partial charge in [-0.25, -0.2) is 4.39 Å². The molecule has 17 heavy (non-hydrogen) atoms. The summed E-state index contributed by atoms with van der Waals surface area (Å²) in [5.41, 5.74) is -0.856. The molecular weight excluding hydrogens is 235 g/mol. The number of hydrogen-bond donors (Lipinski definition) is 0. The number of halogens is 4. The molecule has 0 aliphatic carbocycles. The SMILES string of the molecule is C=CCCCOc1cc([B-](F)(F)F)ccc1F. The second-order valence-corrected chi connectivity index (χ2v) is 3.54. The van der Waals surface area contributed by atoms with Crippen molar-refractivity contribution in [1.82, 2.24) is 0 Å². The zero-order valence-electron chi connectivity index (χ0n) is 9.14. The van der Waals surface area contributed by atoms with Crippen molar-refractivity contribution < 1.29 is 22.1 Å². The number of hydrogen-bond acceptors (Lipinski definition) is 1. The average molecular weight is 247 g/mol. The summed E-state index contributed by atoms with van der Waals surface area (Å²) < 4.78 is 55.4. The van der Waals surface area contributed by atoms with E-state index in [1.165, 1.54) is 0 Å². The predicted octanol–water partition coefficient (Wildman–Crippen LogP) is 3.23.